The lowest BCUT2D eigenvalue weighted by atomic mass is 10.1. The molecule has 3 nitrogen and oxygen atoms in total. The zero-order valence-electron chi connectivity index (χ0n) is 10.6. The highest BCUT2D eigenvalue weighted by Crippen LogP contribution is 2.44. The predicted octanol–water partition coefficient (Wildman–Crippen LogP) is 4.05. The molecule has 0 saturated heterocycles. The van der Waals surface area contributed by atoms with Gasteiger partial charge in [0.25, 0.3) is 0 Å². The molecule has 0 N–H and O–H groups in total. The fourth-order valence-electron chi connectivity index (χ4n) is 2.22. The number of pyridine rings is 1. The van der Waals surface area contributed by atoms with E-state index < -0.39 is 0 Å². The minimum absolute atomic E-state index is 0.320. The number of benzene rings is 1. The average molecular weight is 320 g/mol. The van der Waals surface area contributed by atoms with Crippen molar-refractivity contribution in [3.8, 4) is 0 Å². The van der Waals surface area contributed by atoms with Crippen LogP contribution in [0, 0.1) is 0 Å². The monoisotopic (exact) mass is 319 g/mol. The molecule has 1 fully saturated rings. The summed E-state index contributed by atoms with van der Waals surface area (Å²) in [6, 6.07) is 5.99. The summed E-state index contributed by atoms with van der Waals surface area (Å²) in [6.45, 7) is 2.17. The van der Waals surface area contributed by atoms with Crippen LogP contribution in [0.4, 0.5) is 0 Å². The van der Waals surface area contributed by atoms with Crippen LogP contribution in [0.25, 0.3) is 10.9 Å². The molecule has 1 saturated carbocycles. The SMILES string of the molecule is CCOC(=O)c1cnc2c(Br)c(C3CC3)ccc2c1. The number of fused-ring (bicyclic) bond motifs is 1. The summed E-state index contributed by atoms with van der Waals surface area (Å²) >= 11 is 3.64. The van der Waals surface area contributed by atoms with Gasteiger partial charge < -0.3 is 4.74 Å². The van der Waals surface area contributed by atoms with Crippen LogP contribution in [0.1, 0.15) is 41.6 Å². The Morgan fingerprint density at radius 3 is 2.95 bits per heavy atom. The number of hydrogen-bond acceptors (Lipinski definition) is 3. The van der Waals surface area contributed by atoms with E-state index in [4.69, 9.17) is 4.74 Å². The predicted molar refractivity (Wildman–Crippen MR) is 77.4 cm³/mol. The number of aromatic nitrogens is 1. The molecule has 1 aliphatic rings. The van der Waals surface area contributed by atoms with E-state index in [0.717, 1.165) is 15.4 Å². The topological polar surface area (TPSA) is 39.2 Å². The lowest BCUT2D eigenvalue weighted by molar-refractivity contribution is 0.0526. The molecule has 2 aromatic rings. The van der Waals surface area contributed by atoms with Crippen molar-refractivity contribution >= 4 is 32.8 Å². The highest BCUT2D eigenvalue weighted by atomic mass is 79.9. The van der Waals surface area contributed by atoms with Gasteiger partial charge in [0.05, 0.1) is 17.7 Å². The first-order valence-electron chi connectivity index (χ1n) is 6.46. The van der Waals surface area contributed by atoms with Crippen molar-refractivity contribution < 1.29 is 9.53 Å². The summed E-state index contributed by atoms with van der Waals surface area (Å²) in [5.41, 5.74) is 2.74. The summed E-state index contributed by atoms with van der Waals surface area (Å²) in [6.07, 6.45) is 4.10. The Morgan fingerprint density at radius 1 is 1.47 bits per heavy atom. The molecule has 0 unspecified atom stereocenters. The normalized spacial score (nSPS) is 14.6. The van der Waals surface area contributed by atoms with Gasteiger partial charge in [-0.05, 0) is 53.2 Å². The average Bonchev–Trinajstić information content (AvgIpc) is 3.23. The number of carbonyl (C=O) groups is 1. The van der Waals surface area contributed by atoms with Gasteiger partial charge in [0.1, 0.15) is 0 Å². The fourth-order valence-corrected chi connectivity index (χ4v) is 3.00. The van der Waals surface area contributed by atoms with E-state index in [9.17, 15) is 4.79 Å². The first-order valence-corrected chi connectivity index (χ1v) is 7.25. The number of ether oxygens (including phenoxy) is 1. The van der Waals surface area contributed by atoms with Crippen molar-refractivity contribution in [2.45, 2.75) is 25.7 Å². The lowest BCUT2D eigenvalue weighted by Gasteiger charge is -2.08. The van der Waals surface area contributed by atoms with Gasteiger partial charge >= 0.3 is 5.97 Å². The van der Waals surface area contributed by atoms with Crippen LogP contribution in [-0.4, -0.2) is 17.6 Å². The van der Waals surface area contributed by atoms with Crippen molar-refractivity contribution in [1.29, 1.82) is 0 Å². The van der Waals surface area contributed by atoms with E-state index in [0.29, 0.717) is 18.1 Å². The van der Waals surface area contributed by atoms with Crippen LogP contribution in [0.15, 0.2) is 28.9 Å². The van der Waals surface area contributed by atoms with Crippen LogP contribution >= 0.6 is 15.9 Å². The Labute approximate surface area is 120 Å². The van der Waals surface area contributed by atoms with E-state index in [1.54, 1.807) is 13.1 Å². The molecule has 4 heteroatoms. The first kappa shape index (κ1) is 12.6. The Bertz CT molecular complexity index is 650. The Balaban J connectivity index is 2.05. The van der Waals surface area contributed by atoms with Gasteiger partial charge in [-0.25, -0.2) is 4.79 Å². The van der Waals surface area contributed by atoms with Gasteiger partial charge in [0.2, 0.25) is 0 Å². The van der Waals surface area contributed by atoms with E-state index in [2.05, 4.69) is 27.0 Å². The van der Waals surface area contributed by atoms with Crippen LogP contribution in [0.5, 0.6) is 0 Å². The molecular weight excluding hydrogens is 306 g/mol. The van der Waals surface area contributed by atoms with Gasteiger partial charge in [0, 0.05) is 16.1 Å². The zero-order chi connectivity index (χ0) is 13.4. The molecule has 0 bridgehead atoms. The molecule has 0 radical (unpaired) electrons. The van der Waals surface area contributed by atoms with E-state index in [1.165, 1.54) is 18.4 Å². The number of halogens is 1. The fraction of sp³-hybridized carbons (Fsp3) is 0.333. The lowest BCUT2D eigenvalue weighted by Crippen LogP contribution is -2.05. The summed E-state index contributed by atoms with van der Waals surface area (Å²) in [7, 11) is 0. The Kier molecular flexibility index (Phi) is 3.27. The third-order valence-electron chi connectivity index (χ3n) is 3.35. The zero-order valence-corrected chi connectivity index (χ0v) is 12.2. The highest BCUT2D eigenvalue weighted by molar-refractivity contribution is 9.10. The maximum Gasteiger partial charge on any atom is 0.339 e. The van der Waals surface area contributed by atoms with Crippen molar-refractivity contribution in [3.05, 3.63) is 40.0 Å². The van der Waals surface area contributed by atoms with E-state index >= 15 is 0 Å². The summed E-state index contributed by atoms with van der Waals surface area (Å²) < 4.78 is 6.05. The molecule has 0 aliphatic heterocycles. The number of esters is 1. The van der Waals surface area contributed by atoms with Crippen LogP contribution in [0.3, 0.4) is 0 Å². The standard InChI is InChI=1S/C15H14BrNO2/c1-2-19-15(18)11-7-10-5-6-12(9-3-4-9)13(16)14(10)17-8-11/h5-9H,2-4H2,1H3. The maximum atomic E-state index is 11.7. The largest absolute Gasteiger partial charge is 0.462 e. The summed E-state index contributed by atoms with van der Waals surface area (Å²) in [5, 5.41) is 0.960. The molecule has 0 atom stereocenters. The third kappa shape index (κ3) is 2.37. The first-order chi connectivity index (χ1) is 9.20. The molecule has 0 spiro atoms. The van der Waals surface area contributed by atoms with Crippen LogP contribution in [-0.2, 0) is 4.74 Å². The molecule has 98 valence electrons. The van der Waals surface area contributed by atoms with E-state index in [-0.39, 0.29) is 5.97 Å². The number of hydrogen-bond donors (Lipinski definition) is 0. The third-order valence-corrected chi connectivity index (χ3v) is 4.18. The maximum absolute atomic E-state index is 11.7. The van der Waals surface area contributed by atoms with Crippen LogP contribution < -0.4 is 0 Å². The van der Waals surface area contributed by atoms with Gasteiger partial charge in [-0.1, -0.05) is 12.1 Å². The second-order valence-corrected chi connectivity index (χ2v) is 5.55. The van der Waals surface area contributed by atoms with Gasteiger partial charge in [-0.15, -0.1) is 0 Å². The number of nitrogens with zero attached hydrogens (tertiary/aromatic N) is 1. The number of carbonyl (C=O) groups excluding carboxylic acids is 1. The van der Waals surface area contributed by atoms with Crippen molar-refractivity contribution in [2.24, 2.45) is 0 Å². The smallest absolute Gasteiger partial charge is 0.339 e. The van der Waals surface area contributed by atoms with Gasteiger partial charge in [0.15, 0.2) is 0 Å². The van der Waals surface area contributed by atoms with Gasteiger partial charge in [-0.2, -0.15) is 0 Å². The molecule has 1 aliphatic carbocycles. The molecule has 1 heterocycles. The minimum atomic E-state index is -0.320. The van der Waals surface area contributed by atoms with Crippen molar-refractivity contribution in [3.63, 3.8) is 0 Å². The van der Waals surface area contributed by atoms with Gasteiger partial charge in [-0.3, -0.25) is 4.98 Å². The second-order valence-electron chi connectivity index (χ2n) is 4.76. The van der Waals surface area contributed by atoms with Crippen LogP contribution in [0.2, 0.25) is 0 Å². The highest BCUT2D eigenvalue weighted by Gasteiger charge is 2.26. The molecular formula is C15H14BrNO2. The molecule has 1 aromatic heterocycles. The molecule has 1 aromatic carbocycles. The quantitative estimate of drug-likeness (QED) is 0.801. The van der Waals surface area contributed by atoms with E-state index in [1.807, 2.05) is 12.1 Å². The Hall–Kier alpha value is -1.42. The second kappa shape index (κ2) is 4.93. The van der Waals surface area contributed by atoms with Crippen molar-refractivity contribution in [2.75, 3.05) is 6.61 Å². The molecule has 19 heavy (non-hydrogen) atoms. The summed E-state index contributed by atoms with van der Waals surface area (Å²) in [4.78, 5) is 16.1. The number of rotatable bonds is 3. The Morgan fingerprint density at radius 2 is 2.26 bits per heavy atom. The molecule has 0 amide bonds. The minimum Gasteiger partial charge on any atom is -0.462 e. The van der Waals surface area contributed by atoms with Crippen molar-refractivity contribution in [1.82, 2.24) is 4.98 Å². The molecule has 3 rings (SSSR count). The summed E-state index contributed by atoms with van der Waals surface area (Å²) in [5.74, 6) is 0.351.